The Morgan fingerprint density at radius 1 is 1.17 bits per heavy atom. The van der Waals surface area contributed by atoms with Gasteiger partial charge in [0.05, 0.1) is 11.6 Å². The third-order valence-electron chi connectivity index (χ3n) is 2.43. The molecule has 0 saturated carbocycles. The first-order chi connectivity index (χ1) is 8.72. The van der Waals surface area contributed by atoms with Crippen LogP contribution in [-0.2, 0) is 6.42 Å². The molecule has 0 saturated heterocycles. The summed E-state index contributed by atoms with van der Waals surface area (Å²) in [5.74, 6) is 1.29. The Hall–Kier alpha value is -1.62. The van der Waals surface area contributed by atoms with Crippen molar-refractivity contribution in [1.82, 2.24) is 9.97 Å². The van der Waals surface area contributed by atoms with Crippen LogP contribution < -0.4 is 9.47 Å². The maximum atomic E-state index is 5.59. The van der Waals surface area contributed by atoms with Crippen LogP contribution in [0.5, 0.6) is 17.5 Å². The van der Waals surface area contributed by atoms with Gasteiger partial charge < -0.3 is 9.47 Å². The third-order valence-corrected chi connectivity index (χ3v) is 2.84. The van der Waals surface area contributed by atoms with Crippen LogP contribution in [0.2, 0.25) is 0 Å². The number of nitrogens with zero attached hydrogens (tertiary/aromatic N) is 2. The van der Waals surface area contributed by atoms with Crippen LogP contribution in [0.1, 0.15) is 12.5 Å². The molecule has 18 heavy (non-hydrogen) atoms. The Bertz CT molecular complexity index is 529. The summed E-state index contributed by atoms with van der Waals surface area (Å²) < 4.78 is 11.7. The molecule has 0 atom stereocenters. The van der Waals surface area contributed by atoms with E-state index >= 15 is 0 Å². The molecule has 1 aromatic carbocycles. The van der Waals surface area contributed by atoms with Crippen LogP contribution in [0.4, 0.5) is 0 Å². The number of aryl methyl sites for hydroxylation is 1. The van der Waals surface area contributed by atoms with Crippen molar-refractivity contribution in [2.75, 3.05) is 7.11 Å². The van der Waals surface area contributed by atoms with Gasteiger partial charge in [0, 0.05) is 12.4 Å². The predicted octanol–water partition coefficient (Wildman–Crippen LogP) is 3.60. The molecule has 4 nitrogen and oxygen atoms in total. The molecule has 0 amide bonds. The van der Waals surface area contributed by atoms with Crippen molar-refractivity contribution in [3.63, 3.8) is 0 Å². The molecule has 0 spiro atoms. The molecular weight excluding hydrogens is 296 g/mol. The van der Waals surface area contributed by atoms with E-state index in [9.17, 15) is 0 Å². The molecule has 0 aliphatic heterocycles. The zero-order valence-electron chi connectivity index (χ0n) is 10.2. The molecule has 0 radical (unpaired) electrons. The monoisotopic (exact) mass is 308 g/mol. The minimum Gasteiger partial charge on any atom is -0.493 e. The lowest BCUT2D eigenvalue weighted by atomic mass is 10.1. The van der Waals surface area contributed by atoms with Gasteiger partial charge >= 0.3 is 6.01 Å². The Morgan fingerprint density at radius 3 is 2.50 bits per heavy atom. The first-order valence-corrected chi connectivity index (χ1v) is 6.34. The van der Waals surface area contributed by atoms with Crippen molar-refractivity contribution in [1.29, 1.82) is 0 Å². The first kappa shape index (κ1) is 12.8. The highest BCUT2D eigenvalue weighted by Gasteiger charge is 2.08. The van der Waals surface area contributed by atoms with Crippen LogP contribution in [0.15, 0.2) is 35.1 Å². The van der Waals surface area contributed by atoms with Crippen molar-refractivity contribution in [3.05, 3.63) is 40.6 Å². The molecule has 0 fully saturated rings. The lowest BCUT2D eigenvalue weighted by molar-refractivity contribution is 0.367. The number of aromatic nitrogens is 2. The second-order valence-electron chi connectivity index (χ2n) is 3.62. The summed E-state index contributed by atoms with van der Waals surface area (Å²) in [5, 5.41) is 0. The van der Waals surface area contributed by atoms with Gasteiger partial charge in [0.15, 0.2) is 11.5 Å². The quantitative estimate of drug-likeness (QED) is 0.865. The lowest BCUT2D eigenvalue weighted by Crippen LogP contribution is -1.95. The van der Waals surface area contributed by atoms with E-state index in [4.69, 9.17) is 9.47 Å². The van der Waals surface area contributed by atoms with Gasteiger partial charge in [-0.05, 0) is 40.0 Å². The zero-order chi connectivity index (χ0) is 13.0. The molecule has 0 aliphatic carbocycles. The second-order valence-corrected chi connectivity index (χ2v) is 4.54. The zero-order valence-corrected chi connectivity index (χ0v) is 11.8. The Morgan fingerprint density at radius 2 is 1.89 bits per heavy atom. The SMILES string of the molecule is CCc1ccc(Oc2ncc(Br)cn2)c(OC)c1. The van der Waals surface area contributed by atoms with Crippen molar-refractivity contribution < 1.29 is 9.47 Å². The molecule has 2 aromatic rings. The summed E-state index contributed by atoms with van der Waals surface area (Å²) in [5.41, 5.74) is 1.19. The fourth-order valence-corrected chi connectivity index (χ4v) is 1.67. The van der Waals surface area contributed by atoms with E-state index in [1.165, 1.54) is 5.56 Å². The minimum atomic E-state index is 0.292. The Labute approximate surface area is 114 Å². The van der Waals surface area contributed by atoms with Crippen molar-refractivity contribution in [3.8, 4) is 17.5 Å². The van der Waals surface area contributed by atoms with Gasteiger partial charge in [-0.3, -0.25) is 0 Å². The topological polar surface area (TPSA) is 44.2 Å². The summed E-state index contributed by atoms with van der Waals surface area (Å²) in [6, 6.07) is 6.11. The summed E-state index contributed by atoms with van der Waals surface area (Å²) in [4.78, 5) is 8.11. The number of ether oxygens (including phenoxy) is 2. The van der Waals surface area contributed by atoms with Crippen molar-refractivity contribution >= 4 is 15.9 Å². The second kappa shape index (κ2) is 5.82. The van der Waals surface area contributed by atoms with Gasteiger partial charge in [-0.2, -0.15) is 0 Å². The van der Waals surface area contributed by atoms with Crippen molar-refractivity contribution in [2.24, 2.45) is 0 Å². The number of rotatable bonds is 4. The molecule has 94 valence electrons. The Kier molecular flexibility index (Phi) is 4.15. The standard InChI is InChI=1S/C13H13BrN2O2/c1-3-9-4-5-11(12(6-9)17-2)18-13-15-7-10(14)8-16-13/h4-8H,3H2,1-2H3. The van der Waals surface area contributed by atoms with Crippen LogP contribution in [0, 0.1) is 0 Å². The van der Waals surface area contributed by atoms with E-state index in [2.05, 4.69) is 32.8 Å². The van der Waals surface area contributed by atoms with E-state index in [0.29, 0.717) is 17.5 Å². The summed E-state index contributed by atoms with van der Waals surface area (Å²) >= 11 is 3.27. The molecule has 1 heterocycles. The molecule has 0 N–H and O–H groups in total. The largest absolute Gasteiger partial charge is 0.493 e. The van der Waals surface area contributed by atoms with E-state index in [1.54, 1.807) is 19.5 Å². The Balaban J connectivity index is 2.25. The van der Waals surface area contributed by atoms with Crippen molar-refractivity contribution in [2.45, 2.75) is 13.3 Å². The molecule has 1 aromatic heterocycles. The minimum absolute atomic E-state index is 0.292. The predicted molar refractivity (Wildman–Crippen MR) is 72.2 cm³/mol. The smallest absolute Gasteiger partial charge is 0.322 e. The number of benzene rings is 1. The number of methoxy groups -OCH3 is 1. The highest BCUT2D eigenvalue weighted by molar-refractivity contribution is 9.10. The van der Waals surface area contributed by atoms with Crippen LogP contribution >= 0.6 is 15.9 Å². The normalized spacial score (nSPS) is 10.2. The third kappa shape index (κ3) is 2.98. The fourth-order valence-electron chi connectivity index (χ4n) is 1.47. The highest BCUT2D eigenvalue weighted by atomic mass is 79.9. The van der Waals surface area contributed by atoms with E-state index in [-0.39, 0.29) is 0 Å². The van der Waals surface area contributed by atoms with Crippen LogP contribution in [0.25, 0.3) is 0 Å². The van der Waals surface area contributed by atoms with E-state index in [0.717, 1.165) is 10.9 Å². The molecule has 5 heteroatoms. The fraction of sp³-hybridized carbons (Fsp3) is 0.231. The lowest BCUT2D eigenvalue weighted by Gasteiger charge is -2.10. The maximum Gasteiger partial charge on any atom is 0.322 e. The summed E-state index contributed by atoms with van der Waals surface area (Å²) in [7, 11) is 1.62. The number of halogens is 1. The van der Waals surface area contributed by atoms with Crippen LogP contribution in [0.3, 0.4) is 0 Å². The molecule has 0 unspecified atom stereocenters. The van der Waals surface area contributed by atoms with Gasteiger partial charge in [-0.25, -0.2) is 9.97 Å². The van der Waals surface area contributed by atoms with Gasteiger partial charge in [0.1, 0.15) is 0 Å². The first-order valence-electron chi connectivity index (χ1n) is 5.55. The highest BCUT2D eigenvalue weighted by Crippen LogP contribution is 2.31. The summed E-state index contributed by atoms with van der Waals surface area (Å²) in [6.45, 7) is 2.09. The average Bonchev–Trinajstić information content (AvgIpc) is 2.41. The van der Waals surface area contributed by atoms with E-state index < -0.39 is 0 Å². The van der Waals surface area contributed by atoms with Crippen LogP contribution in [-0.4, -0.2) is 17.1 Å². The van der Waals surface area contributed by atoms with Gasteiger partial charge in [-0.15, -0.1) is 0 Å². The number of hydrogen-bond acceptors (Lipinski definition) is 4. The summed E-state index contributed by atoms with van der Waals surface area (Å²) in [6.07, 6.45) is 4.22. The molecule has 2 rings (SSSR count). The van der Waals surface area contributed by atoms with Gasteiger partial charge in [-0.1, -0.05) is 13.0 Å². The average molecular weight is 309 g/mol. The molecule has 0 aliphatic rings. The molecule has 0 bridgehead atoms. The van der Waals surface area contributed by atoms with Gasteiger partial charge in [0.25, 0.3) is 0 Å². The van der Waals surface area contributed by atoms with Gasteiger partial charge in [0.2, 0.25) is 0 Å². The van der Waals surface area contributed by atoms with E-state index in [1.807, 2.05) is 18.2 Å². The number of hydrogen-bond donors (Lipinski definition) is 0. The molecular formula is C13H13BrN2O2. The maximum absolute atomic E-state index is 5.59.